The molecule has 2 rings (SSSR count). The maximum absolute atomic E-state index is 13.0. The minimum Gasteiger partial charge on any atom is -0.485 e. The Balaban J connectivity index is 1.98. The highest BCUT2D eigenvalue weighted by Crippen LogP contribution is 2.22. The zero-order valence-corrected chi connectivity index (χ0v) is 11.9. The molecule has 2 nitrogen and oxygen atoms in total. The van der Waals surface area contributed by atoms with Gasteiger partial charge in [0.05, 0.1) is 9.90 Å². The first-order valence-electron chi connectivity index (χ1n) is 5.80. The molecular formula is C14H12ClFO2S. The fourth-order valence-corrected chi connectivity index (χ4v) is 2.55. The van der Waals surface area contributed by atoms with Crippen molar-refractivity contribution in [1.29, 1.82) is 0 Å². The molecule has 1 aromatic heterocycles. The van der Waals surface area contributed by atoms with Gasteiger partial charge in [0.15, 0.2) is 6.61 Å². The van der Waals surface area contributed by atoms with Gasteiger partial charge >= 0.3 is 0 Å². The third kappa shape index (κ3) is 3.55. The molecule has 1 heterocycles. The highest BCUT2D eigenvalue weighted by atomic mass is 35.5. The van der Waals surface area contributed by atoms with E-state index in [4.69, 9.17) is 16.3 Å². The van der Waals surface area contributed by atoms with E-state index in [1.165, 1.54) is 29.5 Å². The van der Waals surface area contributed by atoms with E-state index < -0.39 is 5.82 Å². The van der Waals surface area contributed by atoms with E-state index in [1.807, 2.05) is 13.0 Å². The Morgan fingerprint density at radius 3 is 2.79 bits per heavy atom. The Bertz CT molecular complexity index is 595. The molecule has 0 aliphatic carbocycles. The van der Waals surface area contributed by atoms with Crippen molar-refractivity contribution in [1.82, 2.24) is 0 Å². The average Bonchev–Trinajstić information content (AvgIpc) is 2.88. The second-order valence-electron chi connectivity index (χ2n) is 3.91. The molecule has 0 amide bonds. The molecule has 0 saturated carbocycles. The SMILES string of the molecule is CCc1ccc(C(=O)COc2ccc(F)c(Cl)c2)s1. The molecule has 0 bridgehead atoms. The van der Waals surface area contributed by atoms with Gasteiger partial charge in [-0.1, -0.05) is 18.5 Å². The molecule has 0 N–H and O–H groups in total. The predicted octanol–water partition coefficient (Wildman–Crippen LogP) is 4.36. The van der Waals surface area contributed by atoms with Crippen molar-refractivity contribution in [3.8, 4) is 5.75 Å². The van der Waals surface area contributed by atoms with E-state index >= 15 is 0 Å². The molecule has 0 atom stereocenters. The van der Waals surface area contributed by atoms with Crippen LogP contribution in [0.1, 0.15) is 21.5 Å². The molecule has 2 aromatic rings. The largest absolute Gasteiger partial charge is 0.485 e. The lowest BCUT2D eigenvalue weighted by Crippen LogP contribution is -2.10. The van der Waals surface area contributed by atoms with Gasteiger partial charge in [0, 0.05) is 10.9 Å². The van der Waals surface area contributed by atoms with E-state index in [-0.39, 0.29) is 17.4 Å². The van der Waals surface area contributed by atoms with Gasteiger partial charge in [-0.3, -0.25) is 4.79 Å². The van der Waals surface area contributed by atoms with Crippen molar-refractivity contribution < 1.29 is 13.9 Å². The third-order valence-electron chi connectivity index (χ3n) is 2.55. The summed E-state index contributed by atoms with van der Waals surface area (Å²) in [5, 5.41) is -0.0191. The monoisotopic (exact) mass is 298 g/mol. The minimum absolute atomic E-state index is 0.0191. The number of halogens is 2. The Labute approximate surface area is 119 Å². The quantitative estimate of drug-likeness (QED) is 0.766. The second kappa shape index (κ2) is 6.17. The number of Topliss-reactive ketones (excluding diaryl/α,β-unsaturated/α-hetero) is 1. The summed E-state index contributed by atoms with van der Waals surface area (Å²) in [6.45, 7) is 1.96. The van der Waals surface area contributed by atoms with Crippen molar-refractivity contribution in [2.45, 2.75) is 13.3 Å². The first-order chi connectivity index (χ1) is 9.10. The fraction of sp³-hybridized carbons (Fsp3) is 0.214. The summed E-state index contributed by atoms with van der Waals surface area (Å²) in [4.78, 5) is 13.7. The molecule has 0 radical (unpaired) electrons. The molecule has 0 aliphatic heterocycles. The minimum atomic E-state index is -0.508. The van der Waals surface area contributed by atoms with Gasteiger partial charge in [-0.15, -0.1) is 11.3 Å². The lowest BCUT2D eigenvalue weighted by atomic mass is 10.3. The zero-order valence-electron chi connectivity index (χ0n) is 10.3. The number of thiophene rings is 1. The maximum atomic E-state index is 13.0. The average molecular weight is 299 g/mol. The highest BCUT2D eigenvalue weighted by molar-refractivity contribution is 7.14. The van der Waals surface area contributed by atoms with E-state index in [0.29, 0.717) is 10.6 Å². The lowest BCUT2D eigenvalue weighted by Gasteiger charge is -2.05. The number of hydrogen-bond donors (Lipinski definition) is 0. The number of hydrogen-bond acceptors (Lipinski definition) is 3. The molecule has 0 fully saturated rings. The van der Waals surface area contributed by atoms with Gasteiger partial charge in [0.2, 0.25) is 5.78 Å². The van der Waals surface area contributed by atoms with E-state index in [1.54, 1.807) is 6.07 Å². The standard InChI is InChI=1S/C14H12ClFO2S/c1-2-10-4-6-14(19-10)13(17)8-18-9-3-5-12(16)11(15)7-9/h3-7H,2,8H2,1H3. The maximum Gasteiger partial charge on any atom is 0.210 e. The molecule has 19 heavy (non-hydrogen) atoms. The molecule has 5 heteroatoms. The molecule has 100 valence electrons. The summed E-state index contributed by atoms with van der Waals surface area (Å²) in [7, 11) is 0. The molecule has 1 aromatic carbocycles. The van der Waals surface area contributed by atoms with Crippen LogP contribution >= 0.6 is 22.9 Å². The van der Waals surface area contributed by atoms with Gasteiger partial charge in [0.1, 0.15) is 11.6 Å². The number of benzene rings is 1. The van der Waals surface area contributed by atoms with Gasteiger partial charge in [0.25, 0.3) is 0 Å². The van der Waals surface area contributed by atoms with Crippen molar-refractivity contribution in [3.05, 3.63) is 50.9 Å². The molecule has 0 aliphatic rings. The van der Waals surface area contributed by atoms with Crippen LogP contribution in [-0.2, 0) is 6.42 Å². The summed E-state index contributed by atoms with van der Waals surface area (Å²) in [6, 6.07) is 7.75. The summed E-state index contributed by atoms with van der Waals surface area (Å²) < 4.78 is 18.3. The van der Waals surface area contributed by atoms with Crippen LogP contribution in [0.5, 0.6) is 5.75 Å². The summed E-state index contributed by atoms with van der Waals surface area (Å²) in [6.07, 6.45) is 0.909. The molecular weight excluding hydrogens is 287 g/mol. The zero-order chi connectivity index (χ0) is 13.8. The van der Waals surface area contributed by atoms with Crippen LogP contribution in [0.2, 0.25) is 5.02 Å². The number of carbonyl (C=O) groups is 1. The van der Waals surface area contributed by atoms with Gasteiger partial charge in [-0.05, 0) is 30.7 Å². The van der Waals surface area contributed by atoms with Crippen LogP contribution in [0.15, 0.2) is 30.3 Å². The topological polar surface area (TPSA) is 26.3 Å². The number of ether oxygens (including phenoxy) is 1. The molecule has 0 spiro atoms. The van der Waals surface area contributed by atoms with Crippen LogP contribution in [0, 0.1) is 5.82 Å². The second-order valence-corrected chi connectivity index (χ2v) is 5.48. The Hall–Kier alpha value is -1.39. The first-order valence-corrected chi connectivity index (χ1v) is 6.99. The Kier molecular flexibility index (Phi) is 4.56. The normalized spacial score (nSPS) is 10.5. The van der Waals surface area contributed by atoms with E-state index in [0.717, 1.165) is 11.3 Å². The summed E-state index contributed by atoms with van der Waals surface area (Å²) >= 11 is 7.10. The third-order valence-corrected chi connectivity index (χ3v) is 4.11. The van der Waals surface area contributed by atoms with Crippen LogP contribution in [-0.4, -0.2) is 12.4 Å². The Morgan fingerprint density at radius 1 is 1.37 bits per heavy atom. The fourth-order valence-electron chi connectivity index (χ4n) is 1.50. The van der Waals surface area contributed by atoms with Crippen molar-refractivity contribution in [2.75, 3.05) is 6.61 Å². The number of rotatable bonds is 5. The predicted molar refractivity (Wildman–Crippen MR) is 74.9 cm³/mol. The highest BCUT2D eigenvalue weighted by Gasteiger charge is 2.10. The van der Waals surface area contributed by atoms with Crippen molar-refractivity contribution >= 4 is 28.7 Å². The summed E-state index contributed by atoms with van der Waals surface area (Å²) in [5.41, 5.74) is 0. The lowest BCUT2D eigenvalue weighted by molar-refractivity contribution is 0.0925. The van der Waals surface area contributed by atoms with Crippen LogP contribution in [0.25, 0.3) is 0 Å². The summed E-state index contributed by atoms with van der Waals surface area (Å²) in [5.74, 6) is -0.219. The first kappa shape index (κ1) is 14.0. The van der Waals surface area contributed by atoms with E-state index in [2.05, 4.69) is 0 Å². The van der Waals surface area contributed by atoms with Crippen LogP contribution < -0.4 is 4.74 Å². The molecule has 0 unspecified atom stereocenters. The van der Waals surface area contributed by atoms with Gasteiger partial charge < -0.3 is 4.74 Å². The van der Waals surface area contributed by atoms with Crippen LogP contribution in [0.3, 0.4) is 0 Å². The van der Waals surface area contributed by atoms with Gasteiger partial charge in [-0.2, -0.15) is 0 Å². The van der Waals surface area contributed by atoms with Crippen molar-refractivity contribution in [2.24, 2.45) is 0 Å². The van der Waals surface area contributed by atoms with Gasteiger partial charge in [-0.25, -0.2) is 4.39 Å². The van der Waals surface area contributed by atoms with Crippen molar-refractivity contribution in [3.63, 3.8) is 0 Å². The molecule has 0 saturated heterocycles. The van der Waals surface area contributed by atoms with Crippen LogP contribution in [0.4, 0.5) is 4.39 Å². The number of aryl methyl sites for hydroxylation is 1. The number of carbonyl (C=O) groups excluding carboxylic acids is 1. The Morgan fingerprint density at radius 2 is 2.16 bits per heavy atom. The smallest absolute Gasteiger partial charge is 0.210 e. The van der Waals surface area contributed by atoms with E-state index in [9.17, 15) is 9.18 Å². The number of ketones is 1.